The summed E-state index contributed by atoms with van der Waals surface area (Å²) in [5, 5.41) is 7.39. The number of carbonyl (C=O) groups is 1. The van der Waals surface area contributed by atoms with Crippen LogP contribution in [0.25, 0.3) is 0 Å². The molecule has 0 aliphatic carbocycles. The van der Waals surface area contributed by atoms with Gasteiger partial charge in [-0.15, -0.1) is 11.3 Å². The van der Waals surface area contributed by atoms with Gasteiger partial charge in [-0.05, 0) is 60.6 Å². The Labute approximate surface area is 214 Å². The SMILES string of the molecule is CCOC(=O)c1cc(Cc2ccccc2)sc1NC(=S)Nc1ccc(OCc2ccccc2)cc1. The Hall–Kier alpha value is -3.68. The van der Waals surface area contributed by atoms with Crippen LogP contribution in [0.15, 0.2) is 91.0 Å². The Balaban J connectivity index is 1.39. The minimum absolute atomic E-state index is 0.309. The molecule has 4 rings (SSSR count). The van der Waals surface area contributed by atoms with Gasteiger partial charge < -0.3 is 20.1 Å². The molecular formula is C28H26N2O3S2. The molecule has 0 radical (unpaired) electrons. The second-order valence-corrected chi connectivity index (χ2v) is 9.26. The Kier molecular flexibility index (Phi) is 8.48. The predicted molar refractivity (Wildman–Crippen MR) is 147 cm³/mol. The molecule has 7 heteroatoms. The zero-order valence-electron chi connectivity index (χ0n) is 19.3. The maximum absolute atomic E-state index is 12.5. The summed E-state index contributed by atoms with van der Waals surface area (Å²) in [4.78, 5) is 13.6. The molecule has 35 heavy (non-hydrogen) atoms. The van der Waals surface area contributed by atoms with E-state index >= 15 is 0 Å². The van der Waals surface area contributed by atoms with E-state index in [0.29, 0.717) is 28.9 Å². The fourth-order valence-electron chi connectivity index (χ4n) is 3.42. The molecule has 0 fully saturated rings. The Morgan fingerprint density at radius 2 is 1.54 bits per heavy atom. The van der Waals surface area contributed by atoms with Gasteiger partial charge in [0, 0.05) is 17.0 Å². The van der Waals surface area contributed by atoms with Crippen LogP contribution in [0, 0.1) is 0 Å². The number of benzene rings is 3. The lowest BCUT2D eigenvalue weighted by Crippen LogP contribution is -2.20. The number of hydrogen-bond acceptors (Lipinski definition) is 5. The van der Waals surface area contributed by atoms with E-state index in [1.54, 1.807) is 6.92 Å². The monoisotopic (exact) mass is 502 g/mol. The van der Waals surface area contributed by atoms with Crippen LogP contribution in [0.2, 0.25) is 0 Å². The molecule has 0 atom stereocenters. The minimum Gasteiger partial charge on any atom is -0.489 e. The van der Waals surface area contributed by atoms with E-state index in [-0.39, 0.29) is 5.97 Å². The number of ether oxygens (including phenoxy) is 2. The second kappa shape index (κ2) is 12.1. The van der Waals surface area contributed by atoms with Crippen LogP contribution < -0.4 is 15.4 Å². The van der Waals surface area contributed by atoms with Crippen LogP contribution in [0.4, 0.5) is 10.7 Å². The Bertz CT molecular complexity index is 1260. The first-order chi connectivity index (χ1) is 17.1. The average Bonchev–Trinajstić information content (AvgIpc) is 3.27. The number of rotatable bonds is 9. The third-order valence-corrected chi connectivity index (χ3v) is 6.34. The summed E-state index contributed by atoms with van der Waals surface area (Å²) in [6.45, 7) is 2.61. The third-order valence-electron chi connectivity index (χ3n) is 5.09. The van der Waals surface area contributed by atoms with Crippen molar-refractivity contribution in [2.45, 2.75) is 20.0 Å². The van der Waals surface area contributed by atoms with Crippen molar-refractivity contribution in [2.75, 3.05) is 17.2 Å². The lowest BCUT2D eigenvalue weighted by Gasteiger charge is -2.12. The van der Waals surface area contributed by atoms with Crippen LogP contribution in [-0.4, -0.2) is 17.7 Å². The molecule has 3 aromatic carbocycles. The first kappa shape index (κ1) is 24.4. The predicted octanol–water partition coefficient (Wildman–Crippen LogP) is 6.90. The number of esters is 1. The largest absolute Gasteiger partial charge is 0.489 e. The van der Waals surface area contributed by atoms with E-state index in [2.05, 4.69) is 22.8 Å². The standard InChI is InChI=1S/C28H26N2O3S2/c1-2-32-27(31)25-18-24(17-20-9-5-3-6-10-20)35-26(25)30-28(34)29-22-13-15-23(16-14-22)33-19-21-11-7-4-8-12-21/h3-16,18H,2,17,19H2,1H3,(H2,29,30,34). The van der Waals surface area contributed by atoms with Crippen LogP contribution >= 0.6 is 23.6 Å². The van der Waals surface area contributed by atoms with Crippen LogP contribution in [0.3, 0.4) is 0 Å². The smallest absolute Gasteiger partial charge is 0.341 e. The molecular weight excluding hydrogens is 476 g/mol. The fraction of sp³-hybridized carbons (Fsp3) is 0.143. The van der Waals surface area contributed by atoms with Gasteiger partial charge in [0.2, 0.25) is 0 Å². The van der Waals surface area contributed by atoms with E-state index in [0.717, 1.165) is 28.3 Å². The molecule has 0 amide bonds. The van der Waals surface area contributed by atoms with Crippen molar-refractivity contribution < 1.29 is 14.3 Å². The van der Waals surface area contributed by atoms with Gasteiger partial charge in [-0.25, -0.2) is 4.79 Å². The van der Waals surface area contributed by atoms with Gasteiger partial charge in [0.15, 0.2) is 5.11 Å². The zero-order chi connectivity index (χ0) is 24.5. The molecule has 0 spiro atoms. The van der Waals surface area contributed by atoms with Crippen molar-refractivity contribution in [3.63, 3.8) is 0 Å². The van der Waals surface area contributed by atoms with Crippen LogP contribution in [0.1, 0.15) is 33.3 Å². The van der Waals surface area contributed by atoms with E-state index in [4.69, 9.17) is 21.7 Å². The van der Waals surface area contributed by atoms with E-state index in [1.165, 1.54) is 16.9 Å². The summed E-state index contributed by atoms with van der Waals surface area (Å²) >= 11 is 7.01. The normalized spacial score (nSPS) is 10.4. The lowest BCUT2D eigenvalue weighted by molar-refractivity contribution is 0.0528. The zero-order valence-corrected chi connectivity index (χ0v) is 21.0. The number of nitrogens with one attached hydrogen (secondary N) is 2. The van der Waals surface area contributed by atoms with Crippen molar-refractivity contribution in [1.82, 2.24) is 0 Å². The van der Waals surface area contributed by atoms with E-state index in [9.17, 15) is 4.79 Å². The number of hydrogen-bond donors (Lipinski definition) is 2. The summed E-state index contributed by atoms with van der Waals surface area (Å²) in [5.74, 6) is 0.403. The molecule has 1 heterocycles. The molecule has 0 aliphatic heterocycles. The van der Waals surface area contributed by atoms with Gasteiger partial charge in [-0.1, -0.05) is 60.7 Å². The van der Waals surface area contributed by atoms with Crippen molar-refractivity contribution >= 4 is 45.3 Å². The lowest BCUT2D eigenvalue weighted by atomic mass is 10.1. The van der Waals surface area contributed by atoms with Crippen molar-refractivity contribution in [2.24, 2.45) is 0 Å². The summed E-state index contributed by atoms with van der Waals surface area (Å²) in [6, 6.07) is 29.6. The minimum atomic E-state index is -0.367. The van der Waals surface area contributed by atoms with Crippen molar-refractivity contribution in [1.29, 1.82) is 0 Å². The summed E-state index contributed by atoms with van der Waals surface area (Å²) in [5.41, 5.74) is 3.58. The molecule has 4 aromatic rings. The summed E-state index contributed by atoms with van der Waals surface area (Å²) in [7, 11) is 0. The fourth-order valence-corrected chi connectivity index (χ4v) is 4.79. The maximum atomic E-state index is 12.5. The molecule has 0 bridgehead atoms. The van der Waals surface area contributed by atoms with E-state index in [1.807, 2.05) is 78.9 Å². The summed E-state index contributed by atoms with van der Waals surface area (Å²) in [6.07, 6.45) is 0.726. The van der Waals surface area contributed by atoms with Gasteiger partial charge in [0.25, 0.3) is 0 Å². The molecule has 178 valence electrons. The summed E-state index contributed by atoms with van der Waals surface area (Å²) < 4.78 is 11.1. The van der Waals surface area contributed by atoms with Gasteiger partial charge in [0.05, 0.1) is 12.2 Å². The number of anilines is 2. The van der Waals surface area contributed by atoms with Gasteiger partial charge in [-0.2, -0.15) is 0 Å². The first-order valence-corrected chi connectivity index (χ1v) is 12.5. The number of thiocarbonyl (C=S) groups is 1. The van der Waals surface area contributed by atoms with Crippen LogP contribution in [-0.2, 0) is 17.8 Å². The maximum Gasteiger partial charge on any atom is 0.341 e. The highest BCUT2D eigenvalue weighted by molar-refractivity contribution is 7.80. The quantitative estimate of drug-likeness (QED) is 0.192. The van der Waals surface area contributed by atoms with Gasteiger partial charge >= 0.3 is 5.97 Å². The molecule has 1 aromatic heterocycles. The molecule has 0 unspecified atom stereocenters. The first-order valence-electron chi connectivity index (χ1n) is 11.3. The second-order valence-electron chi connectivity index (χ2n) is 7.72. The highest BCUT2D eigenvalue weighted by Gasteiger charge is 2.18. The Morgan fingerprint density at radius 1 is 0.886 bits per heavy atom. The molecule has 0 aliphatic rings. The van der Waals surface area contributed by atoms with Crippen molar-refractivity contribution in [3.8, 4) is 5.75 Å². The van der Waals surface area contributed by atoms with Crippen molar-refractivity contribution in [3.05, 3.63) is 113 Å². The van der Waals surface area contributed by atoms with Crippen LogP contribution in [0.5, 0.6) is 5.75 Å². The van der Waals surface area contributed by atoms with Gasteiger partial charge in [0.1, 0.15) is 17.4 Å². The van der Waals surface area contributed by atoms with Gasteiger partial charge in [-0.3, -0.25) is 0 Å². The number of carbonyl (C=O) groups excluding carboxylic acids is 1. The third kappa shape index (κ3) is 7.15. The Morgan fingerprint density at radius 3 is 2.20 bits per heavy atom. The molecule has 0 saturated carbocycles. The topological polar surface area (TPSA) is 59.6 Å². The molecule has 5 nitrogen and oxygen atoms in total. The molecule has 2 N–H and O–H groups in total. The molecule has 0 saturated heterocycles. The highest BCUT2D eigenvalue weighted by atomic mass is 32.1. The number of thiophene rings is 1. The van der Waals surface area contributed by atoms with E-state index < -0.39 is 0 Å². The average molecular weight is 503 g/mol. The highest BCUT2D eigenvalue weighted by Crippen LogP contribution is 2.31.